The molecule has 0 heterocycles. The molecule has 0 spiro atoms. The lowest BCUT2D eigenvalue weighted by atomic mass is 10.1. The molecule has 1 aromatic carbocycles. The van der Waals surface area contributed by atoms with Gasteiger partial charge in [0, 0.05) is 11.3 Å². The highest BCUT2D eigenvalue weighted by atomic mass is 32.2. The second-order valence-corrected chi connectivity index (χ2v) is 5.87. The van der Waals surface area contributed by atoms with E-state index in [9.17, 15) is 26.7 Å². The van der Waals surface area contributed by atoms with Gasteiger partial charge in [0.15, 0.2) is 9.84 Å². The van der Waals surface area contributed by atoms with Crippen LogP contribution in [0.4, 0.5) is 13.2 Å². The Morgan fingerprint density at radius 2 is 1.88 bits per heavy atom. The topological polar surface area (TPSA) is 54.4 Å². The molecule has 7 heteroatoms. The van der Waals surface area contributed by atoms with E-state index in [4.69, 9.17) is 0 Å². The van der Waals surface area contributed by atoms with Crippen LogP contribution in [0.5, 0.6) is 5.75 Å². The molecule has 1 rings (SSSR count). The molecule has 0 aromatic heterocycles. The van der Waals surface area contributed by atoms with E-state index in [0.29, 0.717) is 6.07 Å². The normalized spacial score (nSPS) is 12.7. The Morgan fingerprint density at radius 3 is 2.29 bits per heavy atom. The first-order valence-electron chi connectivity index (χ1n) is 4.75. The first kappa shape index (κ1) is 13.8. The van der Waals surface area contributed by atoms with E-state index in [1.807, 2.05) is 0 Å². The van der Waals surface area contributed by atoms with Crippen molar-refractivity contribution >= 4 is 9.84 Å². The summed E-state index contributed by atoms with van der Waals surface area (Å²) in [5.41, 5.74) is -1.03. The van der Waals surface area contributed by atoms with Crippen molar-refractivity contribution in [3.8, 4) is 5.75 Å². The first-order valence-corrected chi connectivity index (χ1v) is 6.57. The van der Waals surface area contributed by atoms with Gasteiger partial charge in [-0.05, 0) is 12.1 Å². The molecule has 0 aliphatic rings. The number of sulfone groups is 1. The number of phenols is 1. The molecular weight excluding hydrogens is 257 g/mol. The molecule has 0 unspecified atom stereocenters. The quantitative estimate of drug-likeness (QED) is 0.915. The number of benzene rings is 1. The summed E-state index contributed by atoms with van der Waals surface area (Å²) in [5.74, 6) is -1.25. The summed E-state index contributed by atoms with van der Waals surface area (Å²) >= 11 is 0. The molecule has 17 heavy (non-hydrogen) atoms. The van der Waals surface area contributed by atoms with Gasteiger partial charge in [-0.25, -0.2) is 8.42 Å². The number of hydrogen-bond acceptors (Lipinski definition) is 3. The van der Waals surface area contributed by atoms with Crippen LogP contribution < -0.4 is 0 Å². The van der Waals surface area contributed by atoms with Crippen LogP contribution >= 0.6 is 0 Å². The summed E-state index contributed by atoms with van der Waals surface area (Å²) in [6, 6.07) is 2.26. The van der Waals surface area contributed by atoms with Crippen LogP contribution in [-0.2, 0) is 21.8 Å². The molecule has 3 nitrogen and oxygen atoms in total. The third-order valence-corrected chi connectivity index (χ3v) is 3.86. The van der Waals surface area contributed by atoms with Crippen LogP contribution in [0.15, 0.2) is 18.2 Å². The molecule has 0 saturated carbocycles. The molecule has 0 aliphatic heterocycles. The van der Waals surface area contributed by atoms with Gasteiger partial charge in [-0.1, -0.05) is 13.0 Å². The van der Waals surface area contributed by atoms with Crippen LogP contribution in [0.1, 0.15) is 18.1 Å². The smallest absolute Gasteiger partial charge is 0.416 e. The third-order valence-electron chi connectivity index (χ3n) is 2.23. The summed E-state index contributed by atoms with van der Waals surface area (Å²) in [5, 5.41) is 9.35. The number of halogens is 3. The summed E-state index contributed by atoms with van der Waals surface area (Å²) < 4.78 is 59.4. The molecule has 0 fully saturated rings. The molecular formula is C10H11F3O3S. The van der Waals surface area contributed by atoms with E-state index >= 15 is 0 Å². The Kier molecular flexibility index (Phi) is 3.71. The summed E-state index contributed by atoms with van der Waals surface area (Å²) in [6.45, 7) is 1.43. The van der Waals surface area contributed by atoms with Crippen molar-refractivity contribution in [2.24, 2.45) is 0 Å². The fourth-order valence-electron chi connectivity index (χ4n) is 1.20. The second-order valence-electron chi connectivity index (χ2n) is 3.52. The Balaban J connectivity index is 3.07. The maximum atomic E-state index is 12.3. The summed E-state index contributed by atoms with van der Waals surface area (Å²) in [6.07, 6.45) is -4.56. The van der Waals surface area contributed by atoms with E-state index in [1.54, 1.807) is 0 Å². The van der Waals surface area contributed by atoms with Crippen LogP contribution in [0, 0.1) is 0 Å². The highest BCUT2D eigenvalue weighted by Gasteiger charge is 2.31. The molecule has 0 radical (unpaired) electrons. The second kappa shape index (κ2) is 4.56. The zero-order chi connectivity index (χ0) is 13.3. The van der Waals surface area contributed by atoms with Gasteiger partial charge < -0.3 is 5.11 Å². The van der Waals surface area contributed by atoms with Crippen LogP contribution in [0.2, 0.25) is 0 Å². The number of phenolic OH excluding ortho intramolecular Hbond substituents is 1. The largest absolute Gasteiger partial charge is 0.508 e. The number of rotatable bonds is 3. The van der Waals surface area contributed by atoms with Gasteiger partial charge >= 0.3 is 6.18 Å². The van der Waals surface area contributed by atoms with Gasteiger partial charge in [0.25, 0.3) is 0 Å². The van der Waals surface area contributed by atoms with Crippen molar-refractivity contribution in [3.63, 3.8) is 0 Å². The molecule has 0 amide bonds. The van der Waals surface area contributed by atoms with Gasteiger partial charge in [-0.2, -0.15) is 13.2 Å². The third kappa shape index (κ3) is 3.62. The number of aromatic hydroxyl groups is 1. The van der Waals surface area contributed by atoms with Crippen molar-refractivity contribution < 1.29 is 26.7 Å². The van der Waals surface area contributed by atoms with Gasteiger partial charge in [0.05, 0.1) is 11.3 Å². The average Bonchev–Trinajstić information content (AvgIpc) is 2.19. The Bertz CT molecular complexity index is 506. The van der Waals surface area contributed by atoms with Crippen molar-refractivity contribution in [1.29, 1.82) is 0 Å². The first-order chi connectivity index (χ1) is 7.65. The predicted octanol–water partition coefficient (Wildman–Crippen LogP) is 2.35. The number of alkyl halides is 3. The predicted molar refractivity (Wildman–Crippen MR) is 56.3 cm³/mol. The lowest BCUT2D eigenvalue weighted by molar-refractivity contribution is -0.137. The zero-order valence-corrected chi connectivity index (χ0v) is 9.77. The minimum atomic E-state index is -4.56. The van der Waals surface area contributed by atoms with E-state index < -0.39 is 33.1 Å². The molecule has 0 aliphatic carbocycles. The van der Waals surface area contributed by atoms with Crippen LogP contribution in [0.25, 0.3) is 0 Å². The van der Waals surface area contributed by atoms with Crippen LogP contribution in [-0.4, -0.2) is 19.3 Å². The average molecular weight is 268 g/mol. The lowest BCUT2D eigenvalue weighted by Gasteiger charge is -2.09. The molecule has 0 bridgehead atoms. The molecule has 96 valence electrons. The highest BCUT2D eigenvalue weighted by molar-refractivity contribution is 7.90. The number of hydrogen-bond donors (Lipinski definition) is 1. The SMILES string of the molecule is CCS(=O)(=O)Cc1ccc(C(F)(F)F)cc1O. The maximum absolute atomic E-state index is 12.3. The Hall–Kier alpha value is -1.24. The molecule has 0 saturated heterocycles. The minimum absolute atomic E-state index is 0.0279. The Morgan fingerprint density at radius 1 is 1.29 bits per heavy atom. The van der Waals surface area contributed by atoms with Gasteiger partial charge in [0.2, 0.25) is 0 Å². The molecule has 1 aromatic rings. The van der Waals surface area contributed by atoms with Gasteiger partial charge in [-0.15, -0.1) is 0 Å². The monoisotopic (exact) mass is 268 g/mol. The van der Waals surface area contributed by atoms with Gasteiger partial charge in [-0.3, -0.25) is 0 Å². The fourth-order valence-corrected chi connectivity index (χ4v) is 2.12. The molecule has 1 N–H and O–H groups in total. The van der Waals surface area contributed by atoms with Crippen molar-refractivity contribution in [1.82, 2.24) is 0 Å². The standard InChI is InChI=1S/C10H11F3O3S/c1-2-17(15,16)6-7-3-4-8(5-9(7)14)10(11,12)13/h3-5,14H,2,6H2,1H3. The highest BCUT2D eigenvalue weighted by Crippen LogP contribution is 2.33. The van der Waals surface area contributed by atoms with Crippen LogP contribution in [0.3, 0.4) is 0 Å². The minimum Gasteiger partial charge on any atom is -0.508 e. The lowest BCUT2D eigenvalue weighted by Crippen LogP contribution is -2.08. The molecule has 0 atom stereocenters. The van der Waals surface area contributed by atoms with E-state index in [0.717, 1.165) is 12.1 Å². The van der Waals surface area contributed by atoms with Crippen molar-refractivity contribution in [2.75, 3.05) is 5.75 Å². The summed E-state index contributed by atoms with van der Waals surface area (Å²) in [4.78, 5) is 0. The summed E-state index contributed by atoms with van der Waals surface area (Å²) in [7, 11) is -3.38. The maximum Gasteiger partial charge on any atom is 0.416 e. The van der Waals surface area contributed by atoms with E-state index in [2.05, 4.69) is 0 Å². The Labute approximate surface area is 96.8 Å². The fraction of sp³-hybridized carbons (Fsp3) is 0.400. The van der Waals surface area contributed by atoms with Crippen molar-refractivity contribution in [2.45, 2.75) is 18.9 Å². The van der Waals surface area contributed by atoms with E-state index in [1.165, 1.54) is 6.92 Å². The van der Waals surface area contributed by atoms with E-state index in [-0.39, 0.29) is 11.3 Å². The van der Waals surface area contributed by atoms with Crippen molar-refractivity contribution in [3.05, 3.63) is 29.3 Å². The van der Waals surface area contributed by atoms with Gasteiger partial charge in [0.1, 0.15) is 5.75 Å². The zero-order valence-electron chi connectivity index (χ0n) is 8.95.